The van der Waals surface area contributed by atoms with Gasteiger partial charge in [0.2, 0.25) is 5.91 Å². The van der Waals surface area contributed by atoms with E-state index in [-0.39, 0.29) is 17.2 Å². The van der Waals surface area contributed by atoms with Crippen molar-refractivity contribution in [1.82, 2.24) is 14.8 Å². The summed E-state index contributed by atoms with van der Waals surface area (Å²) in [6.45, 7) is 5.97. The molecule has 0 aliphatic heterocycles. The van der Waals surface area contributed by atoms with E-state index < -0.39 is 0 Å². The number of anilines is 1. The van der Waals surface area contributed by atoms with Crippen molar-refractivity contribution in [1.29, 1.82) is 0 Å². The smallest absolute Gasteiger partial charge is 0.237 e. The molecule has 7 heteroatoms. The van der Waals surface area contributed by atoms with E-state index in [4.69, 9.17) is 0 Å². The Hall–Kier alpha value is -1.34. The zero-order chi connectivity index (χ0) is 15.4. The highest BCUT2D eigenvalue weighted by atomic mass is 79.9. The lowest BCUT2D eigenvalue weighted by atomic mass is 10.3. The van der Waals surface area contributed by atoms with Crippen LogP contribution in [0.5, 0.6) is 0 Å². The average Bonchev–Trinajstić information content (AvgIpc) is 2.89. The van der Waals surface area contributed by atoms with Gasteiger partial charge in [0.05, 0.1) is 5.25 Å². The van der Waals surface area contributed by atoms with Gasteiger partial charge in [-0.3, -0.25) is 4.79 Å². The van der Waals surface area contributed by atoms with Crippen LogP contribution in [-0.2, 0) is 4.79 Å². The first-order chi connectivity index (χ1) is 9.97. The van der Waals surface area contributed by atoms with Crippen LogP contribution >= 0.6 is 27.7 Å². The first kappa shape index (κ1) is 16.0. The van der Waals surface area contributed by atoms with Crippen LogP contribution < -0.4 is 5.32 Å². The molecule has 0 fully saturated rings. The molecule has 21 heavy (non-hydrogen) atoms. The van der Waals surface area contributed by atoms with Crippen LogP contribution in [0.3, 0.4) is 0 Å². The molecule has 0 saturated carbocycles. The number of hydrogen-bond donors (Lipinski definition) is 1. The molecular formula is C14H17BrN4OS. The fourth-order valence-corrected chi connectivity index (χ4v) is 2.88. The van der Waals surface area contributed by atoms with Crippen LogP contribution in [0.1, 0.15) is 26.8 Å². The molecule has 112 valence electrons. The molecule has 1 aromatic heterocycles. The Morgan fingerprint density at radius 2 is 1.95 bits per heavy atom. The number of aromatic nitrogens is 3. The molecule has 0 radical (unpaired) electrons. The number of thioether (sulfide) groups is 1. The minimum Gasteiger partial charge on any atom is -0.325 e. The Bertz CT molecular complexity index is 612. The summed E-state index contributed by atoms with van der Waals surface area (Å²) in [6.07, 6.45) is 1.69. The van der Waals surface area contributed by atoms with Crippen molar-refractivity contribution >= 4 is 39.3 Å². The molecule has 1 atom stereocenters. The second kappa shape index (κ2) is 7.09. The number of amides is 1. The van der Waals surface area contributed by atoms with Gasteiger partial charge in [-0.05, 0) is 45.0 Å². The Kier molecular flexibility index (Phi) is 5.41. The van der Waals surface area contributed by atoms with Gasteiger partial charge in [-0.1, -0.05) is 27.7 Å². The SMILES string of the molecule is CC(Sc1nncn1C(C)C)C(=O)Nc1ccc(Br)cc1. The molecule has 1 aromatic carbocycles. The van der Waals surface area contributed by atoms with Gasteiger partial charge in [0.1, 0.15) is 6.33 Å². The largest absolute Gasteiger partial charge is 0.325 e. The van der Waals surface area contributed by atoms with Gasteiger partial charge in [0.15, 0.2) is 5.16 Å². The van der Waals surface area contributed by atoms with Crippen molar-refractivity contribution in [3.05, 3.63) is 35.1 Å². The van der Waals surface area contributed by atoms with Crippen LogP contribution in [0.25, 0.3) is 0 Å². The predicted molar refractivity (Wildman–Crippen MR) is 88.5 cm³/mol. The summed E-state index contributed by atoms with van der Waals surface area (Å²) in [5.74, 6) is -0.0550. The lowest BCUT2D eigenvalue weighted by Gasteiger charge is -2.14. The van der Waals surface area contributed by atoms with Crippen LogP contribution in [0.4, 0.5) is 5.69 Å². The third kappa shape index (κ3) is 4.31. The number of nitrogens with zero attached hydrogens (tertiary/aromatic N) is 3. The van der Waals surface area contributed by atoms with Gasteiger partial charge >= 0.3 is 0 Å². The lowest BCUT2D eigenvalue weighted by molar-refractivity contribution is -0.115. The molecule has 5 nitrogen and oxygen atoms in total. The minimum atomic E-state index is -0.254. The van der Waals surface area contributed by atoms with E-state index in [9.17, 15) is 4.79 Å². The molecular weight excluding hydrogens is 352 g/mol. The van der Waals surface area contributed by atoms with E-state index in [2.05, 4.69) is 45.3 Å². The third-order valence-electron chi connectivity index (χ3n) is 2.86. The second-order valence-electron chi connectivity index (χ2n) is 4.87. The minimum absolute atomic E-state index is 0.0550. The number of carbonyl (C=O) groups excluding carboxylic acids is 1. The molecule has 0 bridgehead atoms. The monoisotopic (exact) mass is 368 g/mol. The molecule has 0 spiro atoms. The van der Waals surface area contributed by atoms with E-state index in [0.717, 1.165) is 15.3 Å². The summed E-state index contributed by atoms with van der Waals surface area (Å²) in [5.41, 5.74) is 0.779. The van der Waals surface area contributed by atoms with Crippen molar-refractivity contribution in [3.63, 3.8) is 0 Å². The number of hydrogen-bond acceptors (Lipinski definition) is 4. The predicted octanol–water partition coefficient (Wildman–Crippen LogP) is 3.74. The molecule has 0 saturated heterocycles. The normalized spacial score (nSPS) is 12.4. The van der Waals surface area contributed by atoms with Crippen LogP contribution in [0.15, 0.2) is 40.2 Å². The summed E-state index contributed by atoms with van der Waals surface area (Å²) in [5, 5.41) is 11.4. The second-order valence-corrected chi connectivity index (χ2v) is 7.09. The maximum atomic E-state index is 12.2. The summed E-state index contributed by atoms with van der Waals surface area (Å²) in [6, 6.07) is 7.77. The number of halogens is 1. The lowest BCUT2D eigenvalue weighted by Crippen LogP contribution is -2.23. The summed E-state index contributed by atoms with van der Waals surface area (Å²) in [7, 11) is 0. The Labute approximate surface area is 136 Å². The highest BCUT2D eigenvalue weighted by molar-refractivity contribution is 9.10. The number of carbonyl (C=O) groups is 1. The van der Waals surface area contributed by atoms with Gasteiger partial charge in [-0.15, -0.1) is 10.2 Å². The average molecular weight is 369 g/mol. The van der Waals surface area contributed by atoms with Gasteiger partial charge in [0.25, 0.3) is 0 Å². The van der Waals surface area contributed by atoms with Gasteiger partial charge in [-0.25, -0.2) is 0 Å². The van der Waals surface area contributed by atoms with Crippen molar-refractivity contribution in [2.45, 2.75) is 37.2 Å². The van der Waals surface area contributed by atoms with Crippen LogP contribution in [-0.4, -0.2) is 25.9 Å². The standard InChI is InChI=1S/C14H17BrN4OS/c1-9(2)19-8-16-18-14(19)21-10(3)13(20)17-12-6-4-11(15)5-7-12/h4-10H,1-3H3,(H,17,20). The van der Waals surface area contributed by atoms with Crippen molar-refractivity contribution in [2.24, 2.45) is 0 Å². The summed E-state index contributed by atoms with van der Waals surface area (Å²) >= 11 is 4.77. The molecule has 0 aliphatic rings. The summed E-state index contributed by atoms with van der Waals surface area (Å²) in [4.78, 5) is 12.2. The van der Waals surface area contributed by atoms with E-state index >= 15 is 0 Å². The number of nitrogens with one attached hydrogen (secondary N) is 1. The molecule has 1 heterocycles. The van der Waals surface area contributed by atoms with E-state index in [1.54, 1.807) is 6.33 Å². The maximum absolute atomic E-state index is 12.2. The van der Waals surface area contributed by atoms with E-state index in [1.165, 1.54) is 11.8 Å². The highest BCUT2D eigenvalue weighted by Gasteiger charge is 2.18. The molecule has 1 unspecified atom stereocenters. The number of rotatable bonds is 5. The first-order valence-corrected chi connectivity index (χ1v) is 8.27. The molecule has 1 N–H and O–H groups in total. The molecule has 1 amide bonds. The van der Waals surface area contributed by atoms with E-state index in [0.29, 0.717) is 0 Å². The molecule has 2 aromatic rings. The quantitative estimate of drug-likeness (QED) is 0.816. The van der Waals surface area contributed by atoms with Crippen LogP contribution in [0.2, 0.25) is 0 Å². The highest BCUT2D eigenvalue weighted by Crippen LogP contribution is 2.24. The Balaban J connectivity index is 1.99. The van der Waals surface area contributed by atoms with Crippen molar-refractivity contribution in [3.8, 4) is 0 Å². The zero-order valence-corrected chi connectivity index (χ0v) is 14.5. The van der Waals surface area contributed by atoms with Gasteiger partial charge < -0.3 is 9.88 Å². The van der Waals surface area contributed by atoms with E-state index in [1.807, 2.05) is 35.8 Å². The van der Waals surface area contributed by atoms with Crippen molar-refractivity contribution < 1.29 is 4.79 Å². The third-order valence-corrected chi connectivity index (χ3v) is 4.46. The maximum Gasteiger partial charge on any atom is 0.237 e. The Morgan fingerprint density at radius 1 is 1.29 bits per heavy atom. The molecule has 2 rings (SSSR count). The molecule has 0 aliphatic carbocycles. The number of benzene rings is 1. The van der Waals surface area contributed by atoms with Gasteiger partial charge in [0, 0.05) is 16.2 Å². The van der Waals surface area contributed by atoms with Gasteiger partial charge in [-0.2, -0.15) is 0 Å². The first-order valence-electron chi connectivity index (χ1n) is 6.60. The van der Waals surface area contributed by atoms with Crippen LogP contribution in [0, 0.1) is 0 Å². The zero-order valence-electron chi connectivity index (χ0n) is 12.1. The fourth-order valence-electron chi connectivity index (χ4n) is 1.66. The summed E-state index contributed by atoms with van der Waals surface area (Å²) < 4.78 is 2.93. The van der Waals surface area contributed by atoms with Crippen molar-refractivity contribution in [2.75, 3.05) is 5.32 Å². The fraction of sp³-hybridized carbons (Fsp3) is 0.357. The Morgan fingerprint density at radius 3 is 2.57 bits per heavy atom. The topological polar surface area (TPSA) is 59.8 Å².